The molecular formula is C19H34IN5O2S. The first kappa shape index (κ1) is 25.1. The lowest BCUT2D eigenvalue weighted by molar-refractivity contribution is -0.127. The summed E-state index contributed by atoms with van der Waals surface area (Å²) >= 11 is 1.71. The molecule has 7 nitrogen and oxygen atoms in total. The van der Waals surface area contributed by atoms with Crippen molar-refractivity contribution in [3.63, 3.8) is 0 Å². The number of halogens is 1. The summed E-state index contributed by atoms with van der Waals surface area (Å²) in [7, 11) is 3.47. The highest BCUT2D eigenvalue weighted by Crippen LogP contribution is 2.25. The van der Waals surface area contributed by atoms with Crippen LogP contribution in [-0.2, 0) is 21.4 Å². The van der Waals surface area contributed by atoms with Crippen LogP contribution in [0.15, 0.2) is 10.4 Å². The Morgan fingerprint density at radius 3 is 2.71 bits per heavy atom. The number of hydrogen-bond donors (Lipinski definition) is 2. The highest BCUT2D eigenvalue weighted by molar-refractivity contribution is 14.0. The monoisotopic (exact) mass is 523 g/mol. The number of nitrogens with one attached hydrogen (secondary N) is 2. The first-order chi connectivity index (χ1) is 12.8. The van der Waals surface area contributed by atoms with E-state index in [0.717, 1.165) is 36.6 Å². The highest BCUT2D eigenvalue weighted by Gasteiger charge is 2.18. The van der Waals surface area contributed by atoms with Gasteiger partial charge in [0.25, 0.3) is 0 Å². The van der Waals surface area contributed by atoms with Crippen LogP contribution in [0, 0.1) is 0 Å². The van der Waals surface area contributed by atoms with Crippen molar-refractivity contribution in [1.29, 1.82) is 0 Å². The van der Waals surface area contributed by atoms with Gasteiger partial charge in [-0.1, -0.05) is 20.8 Å². The third-order valence-electron chi connectivity index (χ3n) is 4.26. The average molecular weight is 523 g/mol. The first-order valence-electron chi connectivity index (χ1n) is 9.54. The van der Waals surface area contributed by atoms with Gasteiger partial charge in [0.2, 0.25) is 5.91 Å². The van der Waals surface area contributed by atoms with E-state index >= 15 is 0 Å². The number of rotatable bonds is 7. The average Bonchev–Trinajstić information content (AvgIpc) is 3.27. The molecule has 1 aromatic rings. The van der Waals surface area contributed by atoms with Crippen molar-refractivity contribution in [2.45, 2.75) is 51.6 Å². The van der Waals surface area contributed by atoms with Gasteiger partial charge in [0.15, 0.2) is 5.96 Å². The fraction of sp³-hybridized carbons (Fsp3) is 0.737. The summed E-state index contributed by atoms with van der Waals surface area (Å²) in [5.74, 6) is 0.620. The van der Waals surface area contributed by atoms with Crippen LogP contribution in [0.1, 0.15) is 44.3 Å². The molecule has 28 heavy (non-hydrogen) atoms. The number of guanidine groups is 1. The van der Waals surface area contributed by atoms with E-state index in [1.165, 1.54) is 0 Å². The van der Waals surface area contributed by atoms with E-state index in [1.807, 2.05) is 0 Å². The molecule has 1 aliphatic rings. The Morgan fingerprint density at radius 2 is 2.14 bits per heavy atom. The van der Waals surface area contributed by atoms with Crippen molar-refractivity contribution in [3.05, 3.63) is 16.1 Å². The summed E-state index contributed by atoms with van der Waals surface area (Å²) in [4.78, 5) is 22.5. The molecule has 1 saturated heterocycles. The van der Waals surface area contributed by atoms with E-state index in [4.69, 9.17) is 9.72 Å². The number of nitrogens with zero attached hydrogens (tertiary/aromatic N) is 3. The molecule has 1 fully saturated rings. The number of ether oxygens (including phenoxy) is 1. The maximum Gasteiger partial charge on any atom is 0.243 e. The molecule has 1 amide bonds. The molecule has 2 N–H and O–H groups in total. The maximum absolute atomic E-state index is 11.8. The number of carbonyl (C=O) groups is 1. The lowest BCUT2D eigenvalue weighted by Gasteiger charge is -2.16. The van der Waals surface area contributed by atoms with Crippen molar-refractivity contribution in [2.24, 2.45) is 4.99 Å². The van der Waals surface area contributed by atoms with Gasteiger partial charge in [0.05, 0.1) is 16.8 Å². The molecular weight excluding hydrogens is 489 g/mol. The molecule has 0 aliphatic carbocycles. The molecule has 0 aromatic carbocycles. The SMILES string of the molecule is CN(C)C(=O)CN=C(NCCc1csc(C(C)(C)C)n1)NCC1CCCO1.I. The zero-order chi connectivity index (χ0) is 19.9. The molecule has 160 valence electrons. The van der Waals surface area contributed by atoms with Crippen molar-refractivity contribution in [2.75, 3.05) is 40.3 Å². The summed E-state index contributed by atoms with van der Waals surface area (Å²) < 4.78 is 5.65. The van der Waals surface area contributed by atoms with Gasteiger partial charge < -0.3 is 20.3 Å². The molecule has 1 aromatic heterocycles. The smallest absolute Gasteiger partial charge is 0.243 e. The zero-order valence-corrected chi connectivity index (χ0v) is 20.7. The van der Waals surface area contributed by atoms with E-state index < -0.39 is 0 Å². The molecule has 2 rings (SSSR count). The van der Waals surface area contributed by atoms with Crippen molar-refractivity contribution < 1.29 is 9.53 Å². The van der Waals surface area contributed by atoms with Gasteiger partial charge in [-0.05, 0) is 12.8 Å². The van der Waals surface area contributed by atoms with Crippen LogP contribution in [0.4, 0.5) is 0 Å². The van der Waals surface area contributed by atoms with Crippen LogP contribution in [0.3, 0.4) is 0 Å². The molecule has 1 atom stereocenters. The number of thiazole rings is 1. The van der Waals surface area contributed by atoms with Gasteiger partial charge in [-0.2, -0.15) is 0 Å². The van der Waals surface area contributed by atoms with E-state index in [1.54, 1.807) is 30.3 Å². The number of carbonyl (C=O) groups excluding carboxylic acids is 1. The first-order valence-corrected chi connectivity index (χ1v) is 10.4. The molecule has 0 spiro atoms. The van der Waals surface area contributed by atoms with Gasteiger partial charge in [-0.3, -0.25) is 4.79 Å². The lowest BCUT2D eigenvalue weighted by Crippen LogP contribution is -2.42. The predicted molar refractivity (Wildman–Crippen MR) is 126 cm³/mol. The van der Waals surface area contributed by atoms with Crippen molar-refractivity contribution in [3.8, 4) is 0 Å². The molecule has 2 heterocycles. The van der Waals surface area contributed by atoms with Crippen LogP contribution in [-0.4, -0.2) is 68.2 Å². The number of likely N-dealkylation sites (N-methyl/N-ethyl adjacent to an activating group) is 1. The Kier molecular flexibility index (Phi) is 10.7. The van der Waals surface area contributed by atoms with Crippen LogP contribution in [0.25, 0.3) is 0 Å². The second kappa shape index (κ2) is 11.9. The summed E-state index contributed by atoms with van der Waals surface area (Å²) in [6, 6.07) is 0. The van der Waals surface area contributed by atoms with Crippen molar-refractivity contribution in [1.82, 2.24) is 20.5 Å². The summed E-state index contributed by atoms with van der Waals surface area (Å²) in [5, 5.41) is 9.88. The standard InChI is InChI=1S/C19H33N5O2S.HI/c1-19(2,3)17-23-14(13-27-17)8-9-20-18(22-12-16(25)24(4)5)21-11-15-7-6-10-26-15;/h13,15H,6-12H2,1-5H3,(H2,20,21,22);1H. The fourth-order valence-electron chi connectivity index (χ4n) is 2.55. The molecule has 0 saturated carbocycles. The lowest BCUT2D eigenvalue weighted by atomic mass is 9.98. The van der Waals surface area contributed by atoms with Gasteiger partial charge in [0, 0.05) is 51.0 Å². The molecule has 1 unspecified atom stereocenters. The Labute approximate surface area is 189 Å². The number of aromatic nitrogens is 1. The Bertz CT molecular complexity index is 637. The third-order valence-corrected chi connectivity index (χ3v) is 5.58. The van der Waals surface area contributed by atoms with Crippen molar-refractivity contribution >= 4 is 47.2 Å². The van der Waals surface area contributed by atoms with E-state index in [-0.39, 0.29) is 47.9 Å². The van der Waals surface area contributed by atoms with E-state index in [0.29, 0.717) is 19.0 Å². The van der Waals surface area contributed by atoms with E-state index in [9.17, 15) is 4.79 Å². The third kappa shape index (κ3) is 8.60. The van der Waals surface area contributed by atoms with E-state index in [2.05, 4.69) is 41.8 Å². The molecule has 0 radical (unpaired) electrons. The van der Waals surface area contributed by atoms with Gasteiger partial charge in [-0.15, -0.1) is 35.3 Å². The Morgan fingerprint density at radius 1 is 1.39 bits per heavy atom. The van der Waals surface area contributed by atoms with Gasteiger partial charge in [-0.25, -0.2) is 9.98 Å². The maximum atomic E-state index is 11.8. The summed E-state index contributed by atoms with van der Waals surface area (Å²) in [5.41, 5.74) is 1.17. The minimum atomic E-state index is -0.0254. The number of hydrogen-bond acceptors (Lipinski definition) is 5. The molecule has 9 heteroatoms. The van der Waals surface area contributed by atoms with Crippen LogP contribution in [0.5, 0.6) is 0 Å². The number of amides is 1. The summed E-state index contributed by atoms with van der Waals surface area (Å²) in [6.07, 6.45) is 3.19. The predicted octanol–water partition coefficient (Wildman–Crippen LogP) is 2.40. The minimum Gasteiger partial charge on any atom is -0.376 e. The summed E-state index contributed by atoms with van der Waals surface area (Å²) in [6.45, 7) is 8.89. The topological polar surface area (TPSA) is 78.9 Å². The quantitative estimate of drug-likeness (QED) is 0.326. The number of aliphatic imine (C=N–C) groups is 1. The Hall–Kier alpha value is -0.940. The van der Waals surface area contributed by atoms with Crippen LogP contribution in [0.2, 0.25) is 0 Å². The second-order valence-electron chi connectivity index (χ2n) is 8.04. The minimum absolute atomic E-state index is 0. The van der Waals surface area contributed by atoms with Gasteiger partial charge in [0.1, 0.15) is 6.54 Å². The Balaban J connectivity index is 0.00000392. The normalized spacial score (nSPS) is 17.2. The highest BCUT2D eigenvalue weighted by atomic mass is 127. The second-order valence-corrected chi connectivity index (χ2v) is 8.90. The molecule has 1 aliphatic heterocycles. The largest absolute Gasteiger partial charge is 0.376 e. The fourth-order valence-corrected chi connectivity index (χ4v) is 3.50. The van der Waals surface area contributed by atoms with Crippen LogP contribution < -0.4 is 10.6 Å². The van der Waals surface area contributed by atoms with Gasteiger partial charge >= 0.3 is 0 Å². The van der Waals surface area contributed by atoms with Crippen LogP contribution >= 0.6 is 35.3 Å². The molecule has 0 bridgehead atoms. The zero-order valence-electron chi connectivity index (χ0n) is 17.6.